The average molecular weight is 281 g/mol. The van der Waals surface area contributed by atoms with E-state index < -0.39 is 0 Å². The van der Waals surface area contributed by atoms with Crippen LogP contribution in [0.5, 0.6) is 5.75 Å². The number of methoxy groups -OCH3 is 1. The molecule has 2 rings (SSSR count). The number of hydrogen-bond donors (Lipinski definition) is 1. The highest BCUT2D eigenvalue weighted by Crippen LogP contribution is 2.25. The van der Waals surface area contributed by atoms with E-state index in [0.717, 1.165) is 32.6 Å². The quantitative estimate of drug-likeness (QED) is 0.833. The zero-order valence-corrected chi connectivity index (χ0v) is 12.3. The Morgan fingerprint density at radius 1 is 1.50 bits per heavy atom. The van der Waals surface area contributed by atoms with Crippen molar-refractivity contribution in [3.63, 3.8) is 0 Å². The van der Waals surface area contributed by atoms with Gasteiger partial charge in [-0.2, -0.15) is 0 Å². The molecule has 2 atom stereocenters. The van der Waals surface area contributed by atoms with Crippen molar-refractivity contribution in [2.45, 2.75) is 32.2 Å². The normalized spacial score (nSPS) is 20.1. The first-order valence-electron chi connectivity index (χ1n) is 7.38. The van der Waals surface area contributed by atoms with Crippen molar-refractivity contribution < 1.29 is 13.9 Å². The molecule has 0 radical (unpaired) electrons. The number of nitrogens with one attached hydrogen (secondary N) is 1. The Bertz CT molecular complexity index is 419. The van der Waals surface area contributed by atoms with Crippen molar-refractivity contribution >= 4 is 0 Å². The molecule has 0 amide bonds. The summed E-state index contributed by atoms with van der Waals surface area (Å²) in [4.78, 5) is 0. The minimum atomic E-state index is -0.239. The third-order valence-corrected chi connectivity index (χ3v) is 3.89. The first-order valence-corrected chi connectivity index (χ1v) is 7.38. The Morgan fingerprint density at radius 3 is 3.00 bits per heavy atom. The number of ether oxygens (including phenoxy) is 2. The summed E-state index contributed by atoms with van der Waals surface area (Å²) in [5, 5.41) is 3.54. The summed E-state index contributed by atoms with van der Waals surface area (Å²) in [6.07, 6.45) is 2.80. The summed E-state index contributed by atoms with van der Waals surface area (Å²) in [5.41, 5.74) is 0.713. The van der Waals surface area contributed by atoms with Gasteiger partial charge in [-0.3, -0.25) is 0 Å². The largest absolute Gasteiger partial charge is 0.494 e. The maximum atomic E-state index is 14.3. The summed E-state index contributed by atoms with van der Waals surface area (Å²) in [7, 11) is 1.50. The second-order valence-corrected chi connectivity index (χ2v) is 5.32. The molecule has 1 heterocycles. The van der Waals surface area contributed by atoms with Gasteiger partial charge >= 0.3 is 0 Å². The molecule has 3 nitrogen and oxygen atoms in total. The summed E-state index contributed by atoms with van der Waals surface area (Å²) < 4.78 is 24.8. The minimum Gasteiger partial charge on any atom is -0.494 e. The molecule has 0 saturated carbocycles. The molecular formula is C16H24FNO2. The zero-order valence-electron chi connectivity index (χ0n) is 12.3. The van der Waals surface area contributed by atoms with Gasteiger partial charge in [0.1, 0.15) is 0 Å². The smallest absolute Gasteiger partial charge is 0.168 e. The van der Waals surface area contributed by atoms with Gasteiger partial charge in [-0.15, -0.1) is 0 Å². The number of benzene rings is 1. The van der Waals surface area contributed by atoms with Crippen LogP contribution in [0.15, 0.2) is 18.2 Å². The molecular weight excluding hydrogens is 257 g/mol. The van der Waals surface area contributed by atoms with Crippen LogP contribution in [0, 0.1) is 11.7 Å². The molecule has 0 aromatic heterocycles. The van der Waals surface area contributed by atoms with Crippen LogP contribution in [0.2, 0.25) is 0 Å². The Morgan fingerprint density at radius 2 is 2.35 bits per heavy atom. The molecule has 0 spiro atoms. The van der Waals surface area contributed by atoms with Crippen LogP contribution >= 0.6 is 0 Å². The Labute approximate surface area is 120 Å². The van der Waals surface area contributed by atoms with E-state index in [1.54, 1.807) is 6.07 Å². The summed E-state index contributed by atoms with van der Waals surface area (Å²) in [6.45, 7) is 4.68. The van der Waals surface area contributed by atoms with Crippen LogP contribution in [-0.2, 0) is 11.2 Å². The second-order valence-electron chi connectivity index (χ2n) is 5.32. The van der Waals surface area contributed by atoms with E-state index in [0.29, 0.717) is 23.7 Å². The SMILES string of the molecule is CCCNC(Cc1cccc(OC)c1F)C1CCOC1. The minimum absolute atomic E-state index is 0.239. The van der Waals surface area contributed by atoms with Gasteiger partial charge in [0, 0.05) is 18.6 Å². The van der Waals surface area contributed by atoms with Crippen LogP contribution in [0.4, 0.5) is 4.39 Å². The maximum absolute atomic E-state index is 14.3. The van der Waals surface area contributed by atoms with Crippen molar-refractivity contribution in [2.75, 3.05) is 26.9 Å². The molecule has 2 unspecified atom stereocenters. The third kappa shape index (κ3) is 3.70. The van der Waals surface area contributed by atoms with Gasteiger partial charge in [-0.1, -0.05) is 19.1 Å². The molecule has 112 valence electrons. The molecule has 1 aliphatic rings. The molecule has 0 bridgehead atoms. The molecule has 1 saturated heterocycles. The third-order valence-electron chi connectivity index (χ3n) is 3.89. The van der Waals surface area contributed by atoms with Gasteiger partial charge in [0.05, 0.1) is 13.7 Å². The van der Waals surface area contributed by atoms with E-state index in [1.165, 1.54) is 7.11 Å². The van der Waals surface area contributed by atoms with E-state index in [4.69, 9.17) is 9.47 Å². The van der Waals surface area contributed by atoms with E-state index >= 15 is 0 Å². The molecule has 1 aromatic carbocycles. The zero-order chi connectivity index (χ0) is 14.4. The van der Waals surface area contributed by atoms with E-state index in [9.17, 15) is 4.39 Å². The predicted octanol–water partition coefficient (Wildman–Crippen LogP) is 2.78. The predicted molar refractivity (Wildman–Crippen MR) is 77.7 cm³/mol. The van der Waals surface area contributed by atoms with Gasteiger partial charge in [-0.25, -0.2) is 4.39 Å². The van der Waals surface area contributed by atoms with Crippen molar-refractivity contribution in [1.82, 2.24) is 5.32 Å². The highest BCUT2D eigenvalue weighted by molar-refractivity contribution is 5.31. The van der Waals surface area contributed by atoms with Crippen LogP contribution in [0.3, 0.4) is 0 Å². The van der Waals surface area contributed by atoms with Crippen molar-refractivity contribution in [2.24, 2.45) is 5.92 Å². The first kappa shape index (κ1) is 15.3. The fourth-order valence-electron chi connectivity index (χ4n) is 2.71. The van der Waals surface area contributed by atoms with Crippen molar-refractivity contribution in [3.8, 4) is 5.75 Å². The Kier molecular flexibility index (Phi) is 5.80. The average Bonchev–Trinajstić information content (AvgIpc) is 2.99. The highest BCUT2D eigenvalue weighted by Gasteiger charge is 2.26. The fourth-order valence-corrected chi connectivity index (χ4v) is 2.71. The highest BCUT2D eigenvalue weighted by atomic mass is 19.1. The van der Waals surface area contributed by atoms with Crippen LogP contribution in [-0.4, -0.2) is 32.9 Å². The fraction of sp³-hybridized carbons (Fsp3) is 0.625. The van der Waals surface area contributed by atoms with Crippen molar-refractivity contribution in [3.05, 3.63) is 29.6 Å². The van der Waals surface area contributed by atoms with E-state index in [2.05, 4.69) is 12.2 Å². The molecule has 4 heteroatoms. The number of hydrogen-bond acceptors (Lipinski definition) is 3. The van der Waals surface area contributed by atoms with Crippen LogP contribution in [0.25, 0.3) is 0 Å². The Hall–Kier alpha value is -1.13. The number of halogens is 1. The van der Waals surface area contributed by atoms with Gasteiger partial charge in [0.25, 0.3) is 0 Å². The lowest BCUT2D eigenvalue weighted by Gasteiger charge is -2.24. The topological polar surface area (TPSA) is 30.5 Å². The first-order chi connectivity index (χ1) is 9.76. The Balaban J connectivity index is 2.10. The molecule has 1 fully saturated rings. The summed E-state index contributed by atoms with van der Waals surface area (Å²) in [5.74, 6) is 0.545. The molecule has 1 aliphatic heterocycles. The van der Waals surface area contributed by atoms with E-state index in [1.807, 2.05) is 12.1 Å². The van der Waals surface area contributed by atoms with Crippen LogP contribution < -0.4 is 10.1 Å². The lowest BCUT2D eigenvalue weighted by atomic mass is 9.92. The summed E-state index contributed by atoms with van der Waals surface area (Å²) in [6, 6.07) is 5.61. The van der Waals surface area contributed by atoms with Gasteiger partial charge in [-0.05, 0) is 37.4 Å². The maximum Gasteiger partial charge on any atom is 0.168 e. The van der Waals surface area contributed by atoms with Crippen molar-refractivity contribution in [1.29, 1.82) is 0 Å². The van der Waals surface area contributed by atoms with Gasteiger partial charge in [0.15, 0.2) is 11.6 Å². The molecule has 1 aromatic rings. The lowest BCUT2D eigenvalue weighted by Crippen LogP contribution is -2.39. The summed E-state index contributed by atoms with van der Waals surface area (Å²) >= 11 is 0. The standard InChI is InChI=1S/C16H24FNO2/c1-3-8-18-14(13-7-9-20-11-13)10-12-5-4-6-15(19-2)16(12)17/h4-6,13-14,18H,3,7-11H2,1-2H3. The molecule has 0 aliphatic carbocycles. The van der Waals surface area contributed by atoms with Crippen LogP contribution in [0.1, 0.15) is 25.3 Å². The monoisotopic (exact) mass is 281 g/mol. The van der Waals surface area contributed by atoms with Gasteiger partial charge in [0.2, 0.25) is 0 Å². The van der Waals surface area contributed by atoms with Gasteiger partial charge < -0.3 is 14.8 Å². The molecule has 1 N–H and O–H groups in total. The van der Waals surface area contributed by atoms with E-state index in [-0.39, 0.29) is 11.9 Å². The second kappa shape index (κ2) is 7.60. The molecule has 20 heavy (non-hydrogen) atoms. The lowest BCUT2D eigenvalue weighted by molar-refractivity contribution is 0.176. The number of rotatable bonds is 7.